The average molecular weight is 217 g/mol. The van der Waals surface area contributed by atoms with Crippen molar-refractivity contribution < 1.29 is 9.53 Å². The number of nitrogens with one attached hydrogen (secondary N) is 1. The van der Waals surface area contributed by atoms with Crippen LogP contribution in [-0.4, -0.2) is 19.9 Å². The Morgan fingerprint density at radius 2 is 2.12 bits per heavy atom. The maximum absolute atomic E-state index is 10.1. The van der Waals surface area contributed by atoms with Gasteiger partial charge in [0, 0.05) is 11.2 Å². The topological polar surface area (TPSA) is 38.3 Å². The highest BCUT2D eigenvalue weighted by atomic mass is 16.5. The van der Waals surface area contributed by atoms with Crippen molar-refractivity contribution >= 4 is 25.5 Å². The van der Waals surface area contributed by atoms with Crippen molar-refractivity contribution in [2.24, 2.45) is 0 Å². The molecular formula is C12H16BNO2. The van der Waals surface area contributed by atoms with Crippen molar-refractivity contribution in [2.45, 2.75) is 32.9 Å². The first-order chi connectivity index (χ1) is 7.42. The van der Waals surface area contributed by atoms with Gasteiger partial charge in [0.1, 0.15) is 14.5 Å². The first-order valence-corrected chi connectivity index (χ1v) is 5.14. The van der Waals surface area contributed by atoms with Gasteiger partial charge in [0.15, 0.2) is 0 Å². The monoisotopic (exact) mass is 217 g/mol. The molecule has 0 unspecified atom stereocenters. The molecule has 0 heterocycles. The molecule has 16 heavy (non-hydrogen) atoms. The number of rotatable bonds is 4. The van der Waals surface area contributed by atoms with E-state index in [9.17, 15) is 4.79 Å². The lowest BCUT2D eigenvalue weighted by molar-refractivity contribution is -0.129. The summed E-state index contributed by atoms with van der Waals surface area (Å²) >= 11 is 0. The number of anilines is 1. The molecule has 0 aliphatic heterocycles. The van der Waals surface area contributed by atoms with Gasteiger partial charge < -0.3 is 10.1 Å². The zero-order valence-electron chi connectivity index (χ0n) is 9.91. The van der Waals surface area contributed by atoms with E-state index in [1.165, 1.54) is 0 Å². The molecule has 2 radical (unpaired) electrons. The molecule has 0 saturated carbocycles. The maximum Gasteiger partial charge on any atom is 0.293 e. The molecule has 0 aromatic heterocycles. The van der Waals surface area contributed by atoms with Gasteiger partial charge in [-0.15, -0.1) is 0 Å². The van der Waals surface area contributed by atoms with Crippen LogP contribution >= 0.6 is 0 Å². The first-order valence-electron chi connectivity index (χ1n) is 5.14. The van der Waals surface area contributed by atoms with E-state index in [4.69, 9.17) is 12.6 Å². The van der Waals surface area contributed by atoms with Crippen LogP contribution in [0, 0.1) is 0 Å². The second-order valence-corrected chi connectivity index (χ2v) is 4.70. The van der Waals surface area contributed by atoms with E-state index in [0.29, 0.717) is 11.9 Å². The third kappa shape index (κ3) is 3.97. The Bertz CT molecular complexity index is 372. The van der Waals surface area contributed by atoms with Crippen LogP contribution < -0.4 is 10.8 Å². The minimum atomic E-state index is -0.0573. The molecule has 3 nitrogen and oxygen atoms in total. The largest absolute Gasteiger partial charge is 0.463 e. The summed E-state index contributed by atoms with van der Waals surface area (Å²) in [5.74, 6) is 0. The van der Waals surface area contributed by atoms with Crippen molar-refractivity contribution in [3.05, 3.63) is 23.8 Å². The number of ether oxygens (including phenoxy) is 1. The van der Waals surface area contributed by atoms with Crippen molar-refractivity contribution in [3.63, 3.8) is 0 Å². The summed E-state index contributed by atoms with van der Waals surface area (Å²) in [6.45, 7) is 6.87. The molecule has 84 valence electrons. The molecule has 0 atom stereocenters. The Balaban J connectivity index is 2.86. The van der Waals surface area contributed by atoms with Gasteiger partial charge in [0.25, 0.3) is 6.47 Å². The summed E-state index contributed by atoms with van der Waals surface area (Å²) in [6.07, 6.45) is 0. The van der Waals surface area contributed by atoms with E-state index in [1.807, 2.05) is 12.1 Å². The quantitative estimate of drug-likeness (QED) is 0.611. The molecule has 1 aromatic carbocycles. The molecule has 1 rings (SSSR count). The van der Waals surface area contributed by atoms with Crippen LogP contribution in [0.25, 0.3) is 0 Å². The fourth-order valence-corrected chi connectivity index (χ4v) is 1.34. The predicted molar refractivity (Wildman–Crippen MR) is 66.1 cm³/mol. The summed E-state index contributed by atoms with van der Waals surface area (Å²) in [5, 5.41) is 3.30. The van der Waals surface area contributed by atoms with Crippen LogP contribution in [0.4, 0.5) is 5.69 Å². The highest BCUT2D eigenvalue weighted by molar-refractivity contribution is 6.35. The molecule has 0 spiro atoms. The Morgan fingerprint density at radius 1 is 1.44 bits per heavy atom. The van der Waals surface area contributed by atoms with Crippen LogP contribution in [0.15, 0.2) is 18.2 Å². The molecular weight excluding hydrogens is 201 g/mol. The minimum absolute atomic E-state index is 0.0573. The average Bonchev–Trinajstić information content (AvgIpc) is 2.17. The van der Waals surface area contributed by atoms with Crippen molar-refractivity contribution in [3.8, 4) is 0 Å². The molecule has 0 fully saturated rings. The number of benzene rings is 1. The Morgan fingerprint density at radius 3 is 2.69 bits per heavy atom. The Hall–Kier alpha value is -1.45. The SMILES string of the molecule is [B]c1ccc(COC=O)cc1NC(C)(C)C. The number of carbonyl (C=O) groups excluding carboxylic acids is 1. The Labute approximate surface area is 97.6 Å². The third-order valence-corrected chi connectivity index (χ3v) is 1.95. The summed E-state index contributed by atoms with van der Waals surface area (Å²) in [7, 11) is 5.85. The second-order valence-electron chi connectivity index (χ2n) is 4.70. The number of hydrogen-bond acceptors (Lipinski definition) is 3. The standard InChI is InChI=1S/C12H16BNO2/c1-12(2,3)14-11-6-9(7-16-8-15)4-5-10(11)13/h4-6,8,14H,7H2,1-3H3. The highest BCUT2D eigenvalue weighted by Crippen LogP contribution is 2.14. The first kappa shape index (κ1) is 12.6. The summed E-state index contributed by atoms with van der Waals surface area (Å²) in [5.41, 5.74) is 2.40. The van der Waals surface area contributed by atoms with Gasteiger partial charge >= 0.3 is 0 Å². The van der Waals surface area contributed by atoms with Gasteiger partial charge in [-0.2, -0.15) is 0 Å². The lowest BCUT2D eigenvalue weighted by atomic mass is 9.91. The summed E-state index contributed by atoms with van der Waals surface area (Å²) < 4.78 is 4.70. The summed E-state index contributed by atoms with van der Waals surface area (Å²) in [6, 6.07) is 5.54. The molecule has 1 aromatic rings. The van der Waals surface area contributed by atoms with Gasteiger partial charge in [0.2, 0.25) is 0 Å². The van der Waals surface area contributed by atoms with Gasteiger partial charge in [-0.3, -0.25) is 4.79 Å². The van der Waals surface area contributed by atoms with E-state index in [-0.39, 0.29) is 12.1 Å². The van der Waals surface area contributed by atoms with Crippen LogP contribution in [-0.2, 0) is 16.1 Å². The maximum atomic E-state index is 10.1. The van der Waals surface area contributed by atoms with Crippen molar-refractivity contribution in [2.75, 3.05) is 5.32 Å². The van der Waals surface area contributed by atoms with E-state index in [1.54, 1.807) is 6.07 Å². The molecule has 0 aliphatic rings. The normalized spacial score (nSPS) is 10.9. The number of hydrogen-bond donors (Lipinski definition) is 1. The van der Waals surface area contributed by atoms with Gasteiger partial charge in [-0.05, 0) is 32.4 Å². The lowest BCUT2D eigenvalue weighted by Gasteiger charge is -2.24. The predicted octanol–water partition coefficient (Wildman–Crippen LogP) is 1.36. The van der Waals surface area contributed by atoms with E-state index in [0.717, 1.165) is 11.3 Å². The van der Waals surface area contributed by atoms with Crippen molar-refractivity contribution in [1.29, 1.82) is 0 Å². The highest BCUT2D eigenvalue weighted by Gasteiger charge is 2.10. The smallest absolute Gasteiger partial charge is 0.293 e. The molecule has 0 amide bonds. The molecule has 1 N–H and O–H groups in total. The van der Waals surface area contributed by atoms with Crippen LogP contribution in [0.1, 0.15) is 26.3 Å². The van der Waals surface area contributed by atoms with E-state index >= 15 is 0 Å². The molecule has 0 bridgehead atoms. The van der Waals surface area contributed by atoms with Gasteiger partial charge in [-0.25, -0.2) is 0 Å². The summed E-state index contributed by atoms with van der Waals surface area (Å²) in [4.78, 5) is 10.1. The third-order valence-electron chi connectivity index (χ3n) is 1.95. The van der Waals surface area contributed by atoms with Crippen molar-refractivity contribution in [1.82, 2.24) is 0 Å². The van der Waals surface area contributed by atoms with Gasteiger partial charge in [-0.1, -0.05) is 17.6 Å². The van der Waals surface area contributed by atoms with Crippen LogP contribution in [0.5, 0.6) is 0 Å². The molecule has 0 saturated heterocycles. The Kier molecular flexibility index (Phi) is 3.99. The zero-order chi connectivity index (χ0) is 12.2. The van der Waals surface area contributed by atoms with Gasteiger partial charge in [0.05, 0.1) is 0 Å². The molecule has 4 heteroatoms. The molecule has 0 aliphatic carbocycles. The van der Waals surface area contributed by atoms with Crippen LogP contribution in [0.3, 0.4) is 0 Å². The van der Waals surface area contributed by atoms with E-state index < -0.39 is 0 Å². The fraction of sp³-hybridized carbons (Fsp3) is 0.417. The van der Waals surface area contributed by atoms with Crippen LogP contribution in [0.2, 0.25) is 0 Å². The lowest BCUT2D eigenvalue weighted by Crippen LogP contribution is -2.29. The number of carbonyl (C=O) groups is 1. The minimum Gasteiger partial charge on any atom is -0.463 e. The second kappa shape index (κ2) is 5.06. The fourth-order valence-electron chi connectivity index (χ4n) is 1.34. The van der Waals surface area contributed by atoms with E-state index in [2.05, 4.69) is 26.1 Å². The zero-order valence-corrected chi connectivity index (χ0v) is 9.91.